The number of carbonyl (C=O) groups excluding carboxylic acids is 2. The van der Waals surface area contributed by atoms with Gasteiger partial charge in [-0.2, -0.15) is 5.26 Å². The molecule has 94 valence electrons. The zero-order chi connectivity index (χ0) is 12.8. The summed E-state index contributed by atoms with van der Waals surface area (Å²) in [5.41, 5.74) is 0. The number of hydrogen-bond donors (Lipinski definition) is 1. The van der Waals surface area contributed by atoms with Crippen molar-refractivity contribution in [2.24, 2.45) is 11.8 Å². The van der Waals surface area contributed by atoms with Crippen molar-refractivity contribution >= 4 is 11.7 Å². The maximum absolute atomic E-state index is 11.8. The van der Waals surface area contributed by atoms with Crippen molar-refractivity contribution in [2.75, 3.05) is 13.1 Å². The van der Waals surface area contributed by atoms with Crippen molar-refractivity contribution in [2.45, 2.75) is 32.6 Å². The standard InChI is InChI=1S/C11H18N4O2/c1-9(16)10(8-12)11(17)15(13)14-6-4-2-3-5-7-14/h10H,2-7,13H2,1H3. The Labute approximate surface area is 101 Å². The molecule has 1 aliphatic heterocycles. The Balaban J connectivity index is 2.67. The Kier molecular flexibility index (Phi) is 5.07. The normalized spacial score (nSPS) is 18.9. The fraction of sp³-hybridized carbons (Fsp3) is 0.727. The predicted octanol–water partition coefficient (Wildman–Crippen LogP) is 0.208. The van der Waals surface area contributed by atoms with Gasteiger partial charge in [0.2, 0.25) is 0 Å². The number of nitrogens with two attached hydrogens (primary N) is 1. The predicted molar refractivity (Wildman–Crippen MR) is 60.9 cm³/mol. The molecule has 1 aliphatic rings. The van der Waals surface area contributed by atoms with Gasteiger partial charge in [0.05, 0.1) is 6.07 Å². The van der Waals surface area contributed by atoms with Crippen molar-refractivity contribution in [1.82, 2.24) is 10.1 Å². The van der Waals surface area contributed by atoms with E-state index in [1.165, 1.54) is 6.92 Å². The summed E-state index contributed by atoms with van der Waals surface area (Å²) in [5, 5.41) is 11.4. The van der Waals surface area contributed by atoms with Gasteiger partial charge in [-0.15, -0.1) is 0 Å². The lowest BCUT2D eigenvalue weighted by molar-refractivity contribution is -0.154. The Morgan fingerprint density at radius 3 is 2.24 bits per heavy atom. The van der Waals surface area contributed by atoms with Crippen LogP contribution < -0.4 is 5.84 Å². The van der Waals surface area contributed by atoms with E-state index in [2.05, 4.69) is 0 Å². The largest absolute Gasteiger partial charge is 0.298 e. The number of carbonyl (C=O) groups is 2. The molecule has 0 bridgehead atoms. The SMILES string of the molecule is CC(=O)C(C#N)C(=O)N(N)N1CCCCCC1. The highest BCUT2D eigenvalue weighted by Crippen LogP contribution is 2.12. The Hall–Kier alpha value is -1.45. The van der Waals surface area contributed by atoms with Crippen LogP contribution in [0.2, 0.25) is 0 Å². The average Bonchev–Trinajstić information content (AvgIpc) is 2.56. The summed E-state index contributed by atoms with van der Waals surface area (Å²) in [6, 6.07) is 1.69. The molecule has 2 N–H and O–H groups in total. The first kappa shape index (κ1) is 13.6. The molecule has 0 spiro atoms. The number of amides is 1. The van der Waals surface area contributed by atoms with Gasteiger partial charge in [0.15, 0.2) is 11.7 Å². The second-order valence-electron chi connectivity index (χ2n) is 4.22. The summed E-state index contributed by atoms with van der Waals surface area (Å²) in [5.74, 6) is 3.29. The zero-order valence-corrected chi connectivity index (χ0v) is 10.1. The first-order chi connectivity index (χ1) is 8.07. The molecule has 1 atom stereocenters. The average molecular weight is 238 g/mol. The molecular formula is C11H18N4O2. The number of Topliss-reactive ketones (excluding diaryl/α,β-unsaturated/α-hetero) is 1. The fourth-order valence-corrected chi connectivity index (χ4v) is 1.86. The van der Waals surface area contributed by atoms with Gasteiger partial charge in [0.1, 0.15) is 0 Å². The minimum atomic E-state index is -1.29. The van der Waals surface area contributed by atoms with Gasteiger partial charge < -0.3 is 0 Å². The van der Waals surface area contributed by atoms with Crippen molar-refractivity contribution < 1.29 is 9.59 Å². The Morgan fingerprint density at radius 1 is 1.29 bits per heavy atom. The van der Waals surface area contributed by atoms with Gasteiger partial charge in [-0.1, -0.05) is 12.8 Å². The minimum absolute atomic E-state index is 0.470. The van der Waals surface area contributed by atoms with Gasteiger partial charge >= 0.3 is 0 Å². The quantitative estimate of drug-likeness (QED) is 0.328. The van der Waals surface area contributed by atoms with Crippen LogP contribution in [-0.4, -0.2) is 34.9 Å². The van der Waals surface area contributed by atoms with E-state index in [9.17, 15) is 9.59 Å². The fourth-order valence-electron chi connectivity index (χ4n) is 1.86. The van der Waals surface area contributed by atoms with E-state index >= 15 is 0 Å². The molecule has 0 radical (unpaired) electrons. The smallest absolute Gasteiger partial charge is 0.276 e. The van der Waals surface area contributed by atoms with Crippen LogP contribution in [0.3, 0.4) is 0 Å². The van der Waals surface area contributed by atoms with Gasteiger partial charge in [-0.25, -0.2) is 16.0 Å². The van der Waals surface area contributed by atoms with E-state index in [0.717, 1.165) is 30.8 Å². The van der Waals surface area contributed by atoms with E-state index in [4.69, 9.17) is 11.1 Å². The highest BCUT2D eigenvalue weighted by Gasteiger charge is 2.30. The van der Waals surface area contributed by atoms with Crippen LogP contribution in [0, 0.1) is 17.2 Å². The number of hydrogen-bond acceptors (Lipinski definition) is 5. The second kappa shape index (κ2) is 6.33. The highest BCUT2D eigenvalue weighted by atomic mass is 16.2. The highest BCUT2D eigenvalue weighted by molar-refractivity contribution is 6.02. The van der Waals surface area contributed by atoms with Crippen molar-refractivity contribution in [3.8, 4) is 6.07 Å². The topological polar surface area (TPSA) is 90.4 Å². The summed E-state index contributed by atoms with van der Waals surface area (Å²) < 4.78 is 0. The second-order valence-corrected chi connectivity index (χ2v) is 4.22. The van der Waals surface area contributed by atoms with Crippen LogP contribution in [0.5, 0.6) is 0 Å². The van der Waals surface area contributed by atoms with E-state index in [1.807, 2.05) is 0 Å². The third kappa shape index (κ3) is 3.51. The van der Waals surface area contributed by atoms with Gasteiger partial charge in [0.25, 0.3) is 5.91 Å². The van der Waals surface area contributed by atoms with E-state index < -0.39 is 17.6 Å². The molecule has 1 saturated heterocycles. The summed E-state index contributed by atoms with van der Waals surface area (Å²) in [6.45, 7) is 2.61. The lowest BCUT2D eigenvalue weighted by Crippen LogP contribution is -2.54. The molecule has 1 heterocycles. The molecule has 17 heavy (non-hydrogen) atoms. The molecule has 0 saturated carbocycles. The Morgan fingerprint density at radius 2 is 1.82 bits per heavy atom. The third-order valence-electron chi connectivity index (χ3n) is 2.90. The molecule has 1 rings (SSSR count). The van der Waals surface area contributed by atoms with Gasteiger partial charge in [-0.3, -0.25) is 9.59 Å². The summed E-state index contributed by atoms with van der Waals surface area (Å²) in [7, 11) is 0. The number of rotatable bonds is 3. The summed E-state index contributed by atoms with van der Waals surface area (Å²) in [6.07, 6.45) is 4.18. The molecule has 6 heteroatoms. The number of ketones is 1. The van der Waals surface area contributed by atoms with Crippen LogP contribution in [0.15, 0.2) is 0 Å². The van der Waals surface area contributed by atoms with E-state index in [-0.39, 0.29) is 0 Å². The van der Waals surface area contributed by atoms with Crippen molar-refractivity contribution in [3.63, 3.8) is 0 Å². The number of nitrogens with zero attached hydrogens (tertiary/aromatic N) is 3. The van der Waals surface area contributed by atoms with Crippen LogP contribution in [0.4, 0.5) is 0 Å². The van der Waals surface area contributed by atoms with Crippen molar-refractivity contribution in [3.05, 3.63) is 0 Å². The van der Waals surface area contributed by atoms with Crippen LogP contribution in [-0.2, 0) is 9.59 Å². The molecule has 0 aromatic heterocycles. The maximum Gasteiger partial charge on any atom is 0.276 e. The molecule has 1 fully saturated rings. The zero-order valence-electron chi connectivity index (χ0n) is 10.1. The van der Waals surface area contributed by atoms with Gasteiger partial charge in [-0.05, 0) is 19.8 Å². The first-order valence-electron chi connectivity index (χ1n) is 5.81. The van der Waals surface area contributed by atoms with Gasteiger partial charge in [0, 0.05) is 13.1 Å². The van der Waals surface area contributed by atoms with Crippen LogP contribution in [0.25, 0.3) is 0 Å². The maximum atomic E-state index is 11.8. The summed E-state index contributed by atoms with van der Waals surface area (Å²) in [4.78, 5) is 23.0. The number of nitriles is 1. The lowest BCUT2D eigenvalue weighted by atomic mass is 10.1. The lowest BCUT2D eigenvalue weighted by Gasteiger charge is -2.30. The molecular weight excluding hydrogens is 220 g/mol. The minimum Gasteiger partial charge on any atom is -0.298 e. The third-order valence-corrected chi connectivity index (χ3v) is 2.90. The molecule has 1 amide bonds. The van der Waals surface area contributed by atoms with Crippen molar-refractivity contribution in [1.29, 1.82) is 5.26 Å². The molecule has 0 aromatic rings. The monoisotopic (exact) mass is 238 g/mol. The van der Waals surface area contributed by atoms with E-state index in [1.54, 1.807) is 11.1 Å². The summed E-state index contributed by atoms with van der Waals surface area (Å²) >= 11 is 0. The number of hydrazine groups is 2. The molecule has 0 aliphatic carbocycles. The molecule has 6 nitrogen and oxygen atoms in total. The Bertz CT molecular complexity index is 329. The first-order valence-corrected chi connectivity index (χ1v) is 5.81. The molecule has 0 aromatic carbocycles. The van der Waals surface area contributed by atoms with Crippen LogP contribution in [0.1, 0.15) is 32.6 Å². The van der Waals surface area contributed by atoms with E-state index in [0.29, 0.717) is 13.1 Å². The molecule has 1 unspecified atom stereocenters. The van der Waals surface area contributed by atoms with Crippen LogP contribution >= 0.6 is 0 Å².